The molecule has 0 spiro atoms. The molecular formula is C14H8F8N2. The molecule has 0 aliphatic rings. The van der Waals surface area contributed by atoms with E-state index in [1.165, 1.54) is 0 Å². The first-order valence-corrected chi connectivity index (χ1v) is 6.19. The second-order valence-corrected chi connectivity index (χ2v) is 5.06. The maximum Gasteiger partial charge on any atom is 0.453 e. The Balaban J connectivity index is 3.11. The van der Waals surface area contributed by atoms with Crippen molar-refractivity contribution in [3.63, 3.8) is 0 Å². The quantitative estimate of drug-likeness (QED) is 0.723. The first-order valence-electron chi connectivity index (χ1n) is 6.19. The number of hydrogen-bond donors (Lipinski definition) is 0. The van der Waals surface area contributed by atoms with Crippen LogP contribution in [0, 0.1) is 28.1 Å². The number of hydrogen-bond acceptors (Lipinski definition) is 2. The van der Waals surface area contributed by atoms with Crippen molar-refractivity contribution in [3.8, 4) is 12.1 Å². The molecule has 10 heteroatoms. The molecule has 0 fully saturated rings. The van der Waals surface area contributed by atoms with Gasteiger partial charge in [-0.3, -0.25) is 0 Å². The van der Waals surface area contributed by atoms with E-state index in [0.717, 1.165) is 24.3 Å². The number of nitrogens with zero attached hydrogens (tertiary/aromatic N) is 2. The minimum absolute atomic E-state index is 0.149. The Morgan fingerprint density at radius 1 is 0.792 bits per heavy atom. The topological polar surface area (TPSA) is 47.6 Å². The van der Waals surface area contributed by atoms with Gasteiger partial charge in [-0.2, -0.15) is 45.6 Å². The molecule has 0 saturated heterocycles. The van der Waals surface area contributed by atoms with E-state index in [4.69, 9.17) is 10.5 Å². The van der Waals surface area contributed by atoms with E-state index in [1.54, 1.807) is 0 Å². The lowest BCUT2D eigenvalue weighted by molar-refractivity contribution is -0.288. The molecule has 24 heavy (non-hydrogen) atoms. The predicted octanol–water partition coefficient (Wildman–Crippen LogP) is 4.87. The summed E-state index contributed by atoms with van der Waals surface area (Å²) in [6.45, 7) is 0. The van der Waals surface area contributed by atoms with Gasteiger partial charge in [0, 0.05) is 6.42 Å². The number of alkyl halides is 8. The highest BCUT2D eigenvalue weighted by Gasteiger charge is 2.61. The van der Waals surface area contributed by atoms with Crippen LogP contribution >= 0.6 is 0 Å². The molecule has 1 aromatic rings. The van der Waals surface area contributed by atoms with E-state index in [-0.39, 0.29) is 5.56 Å². The summed E-state index contributed by atoms with van der Waals surface area (Å²) in [5.74, 6) is -5.29. The fourth-order valence-electron chi connectivity index (χ4n) is 1.88. The van der Waals surface area contributed by atoms with Crippen molar-refractivity contribution in [3.05, 3.63) is 35.4 Å². The molecule has 0 atom stereocenters. The van der Waals surface area contributed by atoms with Crippen LogP contribution in [-0.2, 0) is 12.6 Å². The van der Waals surface area contributed by atoms with E-state index < -0.39 is 42.1 Å². The van der Waals surface area contributed by atoms with Crippen molar-refractivity contribution in [1.29, 1.82) is 10.5 Å². The summed E-state index contributed by atoms with van der Waals surface area (Å²) in [4.78, 5) is 0. The van der Waals surface area contributed by atoms with Gasteiger partial charge in [0.2, 0.25) is 0 Å². The van der Waals surface area contributed by atoms with Gasteiger partial charge in [-0.05, 0) is 17.7 Å². The van der Waals surface area contributed by atoms with E-state index in [1.807, 2.05) is 0 Å². The van der Waals surface area contributed by atoms with Gasteiger partial charge in [0.1, 0.15) is 0 Å². The average Bonchev–Trinajstić information content (AvgIpc) is 2.44. The van der Waals surface area contributed by atoms with Crippen LogP contribution in [0.5, 0.6) is 0 Å². The molecule has 0 N–H and O–H groups in total. The van der Waals surface area contributed by atoms with Crippen LogP contribution in [0.25, 0.3) is 0 Å². The molecule has 2 nitrogen and oxygen atoms in total. The van der Waals surface area contributed by atoms with Crippen LogP contribution in [-0.4, -0.2) is 12.1 Å². The lowest BCUT2D eigenvalue weighted by Crippen LogP contribution is -2.42. The van der Waals surface area contributed by atoms with Gasteiger partial charge in [0.05, 0.1) is 24.1 Å². The molecular weight excluding hydrogens is 348 g/mol. The second-order valence-electron chi connectivity index (χ2n) is 5.06. The summed E-state index contributed by atoms with van der Waals surface area (Å²) in [7, 11) is 0. The van der Waals surface area contributed by atoms with Gasteiger partial charge in [0.15, 0.2) is 5.41 Å². The van der Waals surface area contributed by atoms with Crippen LogP contribution in [0.3, 0.4) is 0 Å². The monoisotopic (exact) mass is 356 g/mol. The second kappa shape index (κ2) is 6.27. The van der Waals surface area contributed by atoms with Gasteiger partial charge < -0.3 is 0 Å². The summed E-state index contributed by atoms with van der Waals surface area (Å²) >= 11 is 0. The third-order valence-corrected chi connectivity index (χ3v) is 3.15. The number of halogens is 8. The van der Waals surface area contributed by atoms with E-state index in [0.29, 0.717) is 12.1 Å². The Kier molecular flexibility index (Phi) is 5.14. The minimum Gasteiger partial charge on any atom is -0.197 e. The normalized spacial score (nSPS) is 13.2. The maximum atomic E-state index is 13.1. The number of rotatable bonds is 4. The third-order valence-electron chi connectivity index (χ3n) is 3.15. The standard InChI is InChI=1S/C14H8F8N2/c15-12(16,14(20,21)22)6-11(7-23,8-24)5-9-1-3-10(4-2-9)13(17,18)19/h1-4H,5-6H2. The summed E-state index contributed by atoms with van der Waals surface area (Å²) in [5.41, 5.74) is -3.95. The molecule has 0 heterocycles. The van der Waals surface area contributed by atoms with Crippen molar-refractivity contribution in [2.75, 3.05) is 0 Å². The Labute approximate surface area is 130 Å². The summed E-state index contributed by atoms with van der Waals surface area (Å²) in [6, 6.07) is 5.04. The molecule has 0 aliphatic heterocycles. The lowest BCUT2D eigenvalue weighted by atomic mass is 9.79. The molecule has 0 saturated carbocycles. The SMILES string of the molecule is N#CC(C#N)(Cc1ccc(C(F)(F)F)cc1)CC(F)(F)C(F)(F)F. The molecule has 1 aromatic carbocycles. The molecule has 130 valence electrons. The molecule has 0 amide bonds. The Morgan fingerprint density at radius 2 is 1.25 bits per heavy atom. The van der Waals surface area contributed by atoms with Crippen LogP contribution < -0.4 is 0 Å². The van der Waals surface area contributed by atoms with Gasteiger partial charge >= 0.3 is 18.3 Å². The smallest absolute Gasteiger partial charge is 0.197 e. The van der Waals surface area contributed by atoms with Crippen molar-refractivity contribution in [2.24, 2.45) is 5.41 Å². The van der Waals surface area contributed by atoms with Gasteiger partial charge in [-0.1, -0.05) is 12.1 Å². The van der Waals surface area contributed by atoms with Gasteiger partial charge in [-0.25, -0.2) is 0 Å². The summed E-state index contributed by atoms with van der Waals surface area (Å²) in [5, 5.41) is 17.8. The first kappa shape index (κ1) is 19.7. The molecule has 0 bridgehead atoms. The highest BCUT2D eigenvalue weighted by Crippen LogP contribution is 2.44. The number of benzene rings is 1. The van der Waals surface area contributed by atoms with Crippen molar-refractivity contribution < 1.29 is 35.1 Å². The van der Waals surface area contributed by atoms with E-state index in [2.05, 4.69) is 0 Å². The fourth-order valence-corrected chi connectivity index (χ4v) is 1.88. The van der Waals surface area contributed by atoms with Gasteiger partial charge in [-0.15, -0.1) is 0 Å². The zero-order chi connectivity index (χ0) is 18.8. The molecule has 0 aliphatic carbocycles. The maximum absolute atomic E-state index is 13.1. The van der Waals surface area contributed by atoms with Crippen LogP contribution in [0.1, 0.15) is 17.5 Å². The zero-order valence-corrected chi connectivity index (χ0v) is 11.6. The Morgan fingerprint density at radius 3 is 1.58 bits per heavy atom. The molecule has 1 rings (SSSR count). The van der Waals surface area contributed by atoms with Crippen molar-refractivity contribution in [2.45, 2.75) is 31.1 Å². The highest BCUT2D eigenvalue weighted by molar-refractivity contribution is 5.29. The molecule has 0 unspecified atom stereocenters. The van der Waals surface area contributed by atoms with Crippen LogP contribution in [0.15, 0.2) is 24.3 Å². The summed E-state index contributed by atoms with van der Waals surface area (Å²) in [6.07, 6.45) is -13.6. The van der Waals surface area contributed by atoms with E-state index in [9.17, 15) is 35.1 Å². The largest absolute Gasteiger partial charge is 0.453 e. The first-order chi connectivity index (χ1) is 10.8. The van der Waals surface area contributed by atoms with Crippen LogP contribution in [0.2, 0.25) is 0 Å². The Bertz CT molecular complexity index is 644. The van der Waals surface area contributed by atoms with Crippen LogP contribution in [0.4, 0.5) is 35.1 Å². The van der Waals surface area contributed by atoms with E-state index >= 15 is 0 Å². The lowest BCUT2D eigenvalue weighted by Gasteiger charge is -2.26. The number of nitriles is 2. The Hall–Kier alpha value is -2.36. The highest BCUT2D eigenvalue weighted by atomic mass is 19.4. The summed E-state index contributed by atoms with van der Waals surface area (Å²) < 4.78 is 100. The van der Waals surface area contributed by atoms with Crippen molar-refractivity contribution >= 4 is 0 Å². The molecule has 0 radical (unpaired) electrons. The van der Waals surface area contributed by atoms with Gasteiger partial charge in [0.25, 0.3) is 0 Å². The predicted molar refractivity (Wildman–Crippen MR) is 64.4 cm³/mol. The zero-order valence-electron chi connectivity index (χ0n) is 11.6. The average molecular weight is 356 g/mol. The minimum atomic E-state index is -5.95. The van der Waals surface area contributed by atoms with Crippen molar-refractivity contribution in [1.82, 2.24) is 0 Å². The fraction of sp³-hybridized carbons (Fsp3) is 0.429. The third kappa shape index (κ3) is 4.34. The molecule has 0 aromatic heterocycles.